The summed E-state index contributed by atoms with van der Waals surface area (Å²) in [5, 5.41) is 5.99. The lowest BCUT2D eigenvalue weighted by atomic mass is 9.99. The number of rotatable bonds is 4. The number of benzene rings is 3. The topological polar surface area (TPSA) is 82.7 Å². The van der Waals surface area contributed by atoms with E-state index in [1.54, 1.807) is 24.5 Å². The van der Waals surface area contributed by atoms with E-state index in [1.165, 1.54) is 12.1 Å². The molecular formula is C27H20FN5O. The number of imidazole rings is 1. The lowest BCUT2D eigenvalue weighted by Gasteiger charge is -2.17. The maximum Gasteiger partial charge on any atom is 0.315 e. The van der Waals surface area contributed by atoms with E-state index in [0.29, 0.717) is 6.54 Å². The average molecular weight is 449 g/mol. The number of hydrogen-bond acceptors (Lipinski definition) is 3. The van der Waals surface area contributed by atoms with Gasteiger partial charge in [-0.3, -0.25) is 4.98 Å². The summed E-state index contributed by atoms with van der Waals surface area (Å²) >= 11 is 0. The molecule has 7 heteroatoms. The van der Waals surface area contributed by atoms with E-state index in [-0.39, 0.29) is 17.9 Å². The van der Waals surface area contributed by atoms with Crippen molar-refractivity contribution in [2.75, 3.05) is 0 Å². The Morgan fingerprint density at radius 1 is 0.941 bits per heavy atom. The molecule has 2 amide bonds. The van der Waals surface area contributed by atoms with Crippen LogP contribution in [-0.4, -0.2) is 21.0 Å². The van der Waals surface area contributed by atoms with Crippen molar-refractivity contribution in [2.45, 2.75) is 12.6 Å². The maximum atomic E-state index is 13.1. The molecule has 0 aliphatic heterocycles. The van der Waals surface area contributed by atoms with Crippen LogP contribution in [-0.2, 0) is 6.54 Å². The van der Waals surface area contributed by atoms with Crippen LogP contribution in [0.2, 0.25) is 0 Å². The van der Waals surface area contributed by atoms with Crippen molar-refractivity contribution in [3.8, 4) is 22.5 Å². The molecule has 0 saturated carbocycles. The highest BCUT2D eigenvalue weighted by Crippen LogP contribution is 2.47. The number of nitrogens with one attached hydrogen (secondary N) is 3. The summed E-state index contributed by atoms with van der Waals surface area (Å²) in [6.07, 6.45) is 3.49. The average Bonchev–Trinajstić information content (AvgIpc) is 3.44. The van der Waals surface area contributed by atoms with Crippen molar-refractivity contribution in [3.63, 3.8) is 0 Å². The Labute approximate surface area is 194 Å². The molecule has 166 valence electrons. The van der Waals surface area contributed by atoms with Crippen molar-refractivity contribution in [2.24, 2.45) is 0 Å². The molecule has 5 aromatic rings. The highest BCUT2D eigenvalue weighted by Gasteiger charge is 2.32. The maximum absolute atomic E-state index is 13.1. The molecule has 3 N–H and O–H groups in total. The van der Waals surface area contributed by atoms with Crippen LogP contribution in [0, 0.1) is 5.82 Å². The molecule has 1 aliphatic carbocycles. The van der Waals surface area contributed by atoms with E-state index in [2.05, 4.69) is 26.7 Å². The van der Waals surface area contributed by atoms with E-state index in [4.69, 9.17) is 4.98 Å². The van der Waals surface area contributed by atoms with Gasteiger partial charge in [-0.05, 0) is 46.0 Å². The Kier molecular flexibility index (Phi) is 4.80. The lowest BCUT2D eigenvalue weighted by Crippen LogP contribution is -2.37. The molecule has 0 bridgehead atoms. The van der Waals surface area contributed by atoms with Crippen LogP contribution in [0.1, 0.15) is 22.7 Å². The highest BCUT2D eigenvalue weighted by atomic mass is 19.1. The fraction of sp³-hybridized carbons (Fsp3) is 0.0741. The number of amides is 2. The van der Waals surface area contributed by atoms with Gasteiger partial charge in [-0.15, -0.1) is 0 Å². The van der Waals surface area contributed by atoms with E-state index in [0.717, 1.165) is 50.2 Å². The van der Waals surface area contributed by atoms with Gasteiger partial charge in [0.15, 0.2) is 0 Å². The number of urea groups is 1. The van der Waals surface area contributed by atoms with E-state index < -0.39 is 0 Å². The van der Waals surface area contributed by atoms with Crippen LogP contribution in [0.25, 0.3) is 33.5 Å². The third kappa shape index (κ3) is 3.47. The summed E-state index contributed by atoms with van der Waals surface area (Å²) in [6, 6.07) is 21.5. The minimum absolute atomic E-state index is 0.294. The van der Waals surface area contributed by atoms with Crippen LogP contribution in [0.3, 0.4) is 0 Å². The lowest BCUT2D eigenvalue weighted by molar-refractivity contribution is 0.238. The van der Waals surface area contributed by atoms with Gasteiger partial charge in [0.05, 0.1) is 23.3 Å². The van der Waals surface area contributed by atoms with Crippen molar-refractivity contribution >= 4 is 17.1 Å². The second-order valence-corrected chi connectivity index (χ2v) is 8.22. The van der Waals surface area contributed by atoms with Gasteiger partial charge >= 0.3 is 6.03 Å². The van der Waals surface area contributed by atoms with E-state index in [1.807, 2.05) is 42.5 Å². The number of carbonyl (C=O) groups is 1. The SMILES string of the molecule is O=C(NCc1ccc(F)cc1)NC1c2ccccc2-c2c(-c3nc4ccncc4[nH]3)cccc21. The van der Waals surface area contributed by atoms with E-state index in [9.17, 15) is 9.18 Å². The smallest absolute Gasteiger partial charge is 0.315 e. The van der Waals surface area contributed by atoms with Gasteiger partial charge in [0.1, 0.15) is 11.6 Å². The van der Waals surface area contributed by atoms with Crippen LogP contribution < -0.4 is 10.6 Å². The zero-order valence-corrected chi connectivity index (χ0v) is 18.0. The number of aromatic amines is 1. The first-order valence-corrected chi connectivity index (χ1v) is 11.0. The number of pyridine rings is 1. The summed E-state index contributed by atoms with van der Waals surface area (Å²) in [5.74, 6) is 0.458. The molecule has 3 aromatic carbocycles. The number of carbonyl (C=O) groups excluding carboxylic acids is 1. The molecule has 1 aliphatic rings. The van der Waals surface area contributed by atoms with Gasteiger partial charge in [0, 0.05) is 18.3 Å². The molecule has 0 spiro atoms. The number of H-pyrrole nitrogens is 1. The van der Waals surface area contributed by atoms with Crippen LogP contribution in [0.15, 0.2) is 85.2 Å². The molecule has 0 saturated heterocycles. The molecule has 1 unspecified atom stereocenters. The number of nitrogens with zero attached hydrogens (tertiary/aromatic N) is 2. The van der Waals surface area contributed by atoms with Gasteiger partial charge in [-0.1, -0.05) is 54.6 Å². The van der Waals surface area contributed by atoms with Gasteiger partial charge in [-0.2, -0.15) is 0 Å². The molecule has 0 radical (unpaired) electrons. The van der Waals surface area contributed by atoms with Crippen molar-refractivity contribution in [1.29, 1.82) is 0 Å². The Morgan fingerprint density at radius 2 is 1.74 bits per heavy atom. The molecule has 34 heavy (non-hydrogen) atoms. The van der Waals surface area contributed by atoms with Crippen molar-refractivity contribution < 1.29 is 9.18 Å². The first kappa shape index (κ1) is 20.1. The Morgan fingerprint density at radius 3 is 2.59 bits per heavy atom. The Bertz CT molecular complexity index is 1490. The Hall–Kier alpha value is -4.52. The summed E-state index contributed by atoms with van der Waals surface area (Å²) in [4.78, 5) is 25.1. The normalized spacial score (nSPS) is 14.0. The molecule has 6 nitrogen and oxygen atoms in total. The number of fused-ring (bicyclic) bond motifs is 4. The fourth-order valence-electron chi connectivity index (χ4n) is 4.56. The molecule has 2 heterocycles. The van der Waals surface area contributed by atoms with Gasteiger partial charge in [0.2, 0.25) is 0 Å². The zero-order valence-electron chi connectivity index (χ0n) is 18.0. The predicted molar refractivity (Wildman–Crippen MR) is 128 cm³/mol. The van der Waals surface area contributed by atoms with Gasteiger partial charge < -0.3 is 15.6 Å². The highest BCUT2D eigenvalue weighted by molar-refractivity contribution is 5.92. The zero-order chi connectivity index (χ0) is 23.1. The van der Waals surface area contributed by atoms with Gasteiger partial charge in [0.25, 0.3) is 0 Å². The third-order valence-electron chi connectivity index (χ3n) is 6.13. The third-order valence-corrected chi connectivity index (χ3v) is 6.13. The fourth-order valence-corrected chi connectivity index (χ4v) is 4.56. The number of hydrogen-bond donors (Lipinski definition) is 3. The second-order valence-electron chi connectivity index (χ2n) is 8.22. The van der Waals surface area contributed by atoms with Crippen molar-refractivity contribution in [3.05, 3.63) is 108 Å². The molecule has 1 atom stereocenters. The first-order valence-electron chi connectivity index (χ1n) is 11.0. The van der Waals surface area contributed by atoms with Gasteiger partial charge in [-0.25, -0.2) is 14.2 Å². The minimum atomic E-state index is -0.302. The Balaban J connectivity index is 1.33. The molecular weight excluding hydrogens is 429 g/mol. The second kappa shape index (κ2) is 8.12. The summed E-state index contributed by atoms with van der Waals surface area (Å²) in [7, 11) is 0. The standard InChI is InChI=1S/C27H20FN5O/c28-17-10-8-16(9-11-17)14-30-27(34)33-25-19-5-2-1-4-18(19)24-20(25)6-3-7-21(24)26-31-22-12-13-29-15-23(22)32-26/h1-13,15,25H,14H2,(H,31,32)(H2,30,33,34). The summed E-state index contributed by atoms with van der Waals surface area (Å²) in [6.45, 7) is 0.306. The van der Waals surface area contributed by atoms with Crippen LogP contribution in [0.5, 0.6) is 0 Å². The summed E-state index contributed by atoms with van der Waals surface area (Å²) < 4.78 is 13.1. The van der Waals surface area contributed by atoms with Crippen molar-refractivity contribution in [1.82, 2.24) is 25.6 Å². The quantitative estimate of drug-likeness (QED) is 0.347. The number of aromatic nitrogens is 3. The van der Waals surface area contributed by atoms with Crippen LogP contribution in [0.4, 0.5) is 9.18 Å². The molecule has 0 fully saturated rings. The first-order chi connectivity index (χ1) is 16.7. The largest absolute Gasteiger partial charge is 0.337 e. The van der Waals surface area contributed by atoms with E-state index >= 15 is 0 Å². The molecule has 2 aromatic heterocycles. The minimum Gasteiger partial charge on any atom is -0.337 e. The predicted octanol–water partition coefficient (Wildman–Crippen LogP) is 5.33. The number of halogens is 1. The van der Waals surface area contributed by atoms with Crippen LogP contribution >= 0.6 is 0 Å². The summed E-state index contributed by atoms with van der Waals surface area (Å²) in [5.41, 5.74) is 7.67. The monoisotopic (exact) mass is 449 g/mol. The molecule has 6 rings (SSSR count).